The summed E-state index contributed by atoms with van der Waals surface area (Å²) in [6.07, 6.45) is 0. The van der Waals surface area contributed by atoms with Crippen molar-refractivity contribution in [2.45, 2.75) is 24.8 Å². The van der Waals surface area contributed by atoms with Crippen molar-refractivity contribution in [2.24, 2.45) is 0 Å². The molecule has 0 aliphatic rings. The van der Waals surface area contributed by atoms with Crippen LogP contribution >= 0.6 is 0 Å². The number of sulfonamides is 1. The smallest absolute Gasteiger partial charge is 0.209 e. The minimum Gasteiger partial charge on any atom is -0.209 e. The van der Waals surface area contributed by atoms with Gasteiger partial charge in [-0.3, -0.25) is 0 Å². The summed E-state index contributed by atoms with van der Waals surface area (Å²) in [6, 6.07) is 0.767. The van der Waals surface area contributed by atoms with Gasteiger partial charge in [-0.25, -0.2) is 26.3 Å². The third-order valence-electron chi connectivity index (χ3n) is 1.68. The van der Waals surface area contributed by atoms with E-state index in [2.05, 4.69) is 4.72 Å². The van der Waals surface area contributed by atoms with E-state index in [1.807, 2.05) is 0 Å². The zero-order chi connectivity index (χ0) is 12.5. The first kappa shape index (κ1) is 13.0. The molecule has 0 spiro atoms. The number of nitrogens with one attached hydrogen (secondary N) is 1. The molecule has 1 rings (SSSR count). The van der Waals surface area contributed by atoms with Crippen LogP contribution in [0.2, 0.25) is 0 Å². The summed E-state index contributed by atoms with van der Waals surface area (Å²) >= 11 is 0. The van der Waals surface area contributed by atoms with Crippen LogP contribution in [0.1, 0.15) is 13.8 Å². The molecule has 0 bridgehead atoms. The van der Waals surface area contributed by atoms with Crippen molar-refractivity contribution in [3.05, 3.63) is 29.6 Å². The number of rotatable bonds is 3. The second-order valence-electron chi connectivity index (χ2n) is 3.45. The highest BCUT2D eigenvalue weighted by Gasteiger charge is 2.24. The van der Waals surface area contributed by atoms with E-state index in [-0.39, 0.29) is 0 Å². The van der Waals surface area contributed by atoms with Crippen LogP contribution < -0.4 is 4.72 Å². The quantitative estimate of drug-likeness (QED) is 0.835. The van der Waals surface area contributed by atoms with Crippen LogP contribution in [-0.2, 0) is 10.0 Å². The summed E-state index contributed by atoms with van der Waals surface area (Å²) in [4.78, 5) is -0.903. The van der Waals surface area contributed by atoms with Crippen LogP contribution in [0.25, 0.3) is 0 Å². The number of hydrogen-bond donors (Lipinski definition) is 1. The van der Waals surface area contributed by atoms with Gasteiger partial charge in [0.2, 0.25) is 10.0 Å². The molecule has 0 unspecified atom stereocenters. The van der Waals surface area contributed by atoms with E-state index in [4.69, 9.17) is 0 Å². The summed E-state index contributed by atoms with van der Waals surface area (Å²) < 4.78 is 63.6. The maximum atomic E-state index is 13.2. The number of hydrogen-bond acceptors (Lipinski definition) is 2. The lowest BCUT2D eigenvalue weighted by Crippen LogP contribution is -2.31. The molecule has 0 aromatic heterocycles. The van der Waals surface area contributed by atoms with Gasteiger partial charge in [0.15, 0.2) is 17.5 Å². The van der Waals surface area contributed by atoms with Gasteiger partial charge in [0, 0.05) is 6.04 Å². The fraction of sp³-hybridized carbons (Fsp3) is 0.333. The highest BCUT2D eigenvalue weighted by atomic mass is 32.2. The summed E-state index contributed by atoms with van der Waals surface area (Å²) in [5.41, 5.74) is 0. The summed E-state index contributed by atoms with van der Waals surface area (Å²) in [5, 5.41) is 0. The van der Waals surface area contributed by atoms with Gasteiger partial charge in [-0.1, -0.05) is 0 Å². The normalized spacial score (nSPS) is 12.1. The van der Waals surface area contributed by atoms with Gasteiger partial charge in [-0.2, -0.15) is 0 Å². The average molecular weight is 253 g/mol. The zero-order valence-electron chi connectivity index (χ0n) is 8.59. The molecule has 0 fully saturated rings. The molecule has 7 heteroatoms. The Labute approximate surface area is 91.3 Å². The summed E-state index contributed by atoms with van der Waals surface area (Å²) in [6.45, 7) is 3.05. The first-order valence-electron chi connectivity index (χ1n) is 4.41. The van der Waals surface area contributed by atoms with Crippen LogP contribution in [0.15, 0.2) is 17.0 Å². The van der Waals surface area contributed by atoms with Gasteiger partial charge in [0.1, 0.15) is 4.90 Å². The molecule has 16 heavy (non-hydrogen) atoms. The highest BCUT2D eigenvalue weighted by Crippen LogP contribution is 2.19. The predicted molar refractivity (Wildman–Crippen MR) is 51.8 cm³/mol. The third kappa shape index (κ3) is 2.53. The van der Waals surface area contributed by atoms with E-state index in [9.17, 15) is 21.6 Å². The average Bonchev–Trinajstić information content (AvgIpc) is 2.11. The van der Waals surface area contributed by atoms with Crippen molar-refractivity contribution in [3.63, 3.8) is 0 Å². The van der Waals surface area contributed by atoms with Crippen molar-refractivity contribution < 1.29 is 21.6 Å². The topological polar surface area (TPSA) is 46.2 Å². The van der Waals surface area contributed by atoms with Crippen LogP contribution in [0.5, 0.6) is 0 Å². The highest BCUT2D eigenvalue weighted by molar-refractivity contribution is 7.89. The molecule has 1 aromatic rings. The third-order valence-corrected chi connectivity index (χ3v) is 3.36. The molecule has 0 amide bonds. The van der Waals surface area contributed by atoms with Crippen molar-refractivity contribution in [1.29, 1.82) is 0 Å². The van der Waals surface area contributed by atoms with Crippen molar-refractivity contribution >= 4 is 10.0 Å². The SMILES string of the molecule is CC(C)NS(=O)(=O)c1ccc(F)c(F)c1F. The summed E-state index contributed by atoms with van der Waals surface area (Å²) in [5.74, 6) is -4.94. The van der Waals surface area contributed by atoms with E-state index < -0.39 is 38.4 Å². The minimum atomic E-state index is -4.16. The van der Waals surface area contributed by atoms with Gasteiger partial charge < -0.3 is 0 Å². The first-order chi connectivity index (χ1) is 7.25. The number of benzene rings is 1. The maximum absolute atomic E-state index is 13.2. The number of halogens is 3. The molecule has 3 nitrogen and oxygen atoms in total. The van der Waals surface area contributed by atoms with Crippen molar-refractivity contribution in [1.82, 2.24) is 4.72 Å². The monoisotopic (exact) mass is 253 g/mol. The second-order valence-corrected chi connectivity index (χ2v) is 5.13. The molecule has 0 aliphatic carbocycles. The van der Waals surface area contributed by atoms with E-state index in [0.29, 0.717) is 12.1 Å². The van der Waals surface area contributed by atoms with Gasteiger partial charge in [0.05, 0.1) is 0 Å². The zero-order valence-corrected chi connectivity index (χ0v) is 9.41. The molecular weight excluding hydrogens is 243 g/mol. The Morgan fingerprint density at radius 3 is 2.19 bits per heavy atom. The van der Waals surface area contributed by atoms with Crippen LogP contribution in [0, 0.1) is 17.5 Å². The molecular formula is C9H10F3NO2S. The van der Waals surface area contributed by atoms with Gasteiger partial charge in [-0.05, 0) is 26.0 Å². The summed E-state index contributed by atoms with van der Waals surface area (Å²) in [7, 11) is -4.16. The molecule has 0 atom stereocenters. The second kappa shape index (κ2) is 4.42. The largest absolute Gasteiger partial charge is 0.243 e. The van der Waals surface area contributed by atoms with Gasteiger partial charge >= 0.3 is 0 Å². The van der Waals surface area contributed by atoms with Crippen LogP contribution in [-0.4, -0.2) is 14.5 Å². The lowest BCUT2D eigenvalue weighted by Gasteiger charge is -2.10. The Bertz CT molecular complexity index is 500. The Morgan fingerprint density at radius 2 is 1.69 bits per heavy atom. The Morgan fingerprint density at radius 1 is 1.12 bits per heavy atom. The molecule has 0 heterocycles. The van der Waals surface area contributed by atoms with E-state index in [0.717, 1.165) is 0 Å². The standard InChI is InChI=1S/C9H10F3NO2S/c1-5(2)13-16(14,15)7-4-3-6(10)8(11)9(7)12/h3-5,13H,1-2H3. The molecule has 1 N–H and O–H groups in total. The van der Waals surface area contributed by atoms with Gasteiger partial charge in [-0.15, -0.1) is 0 Å². The molecule has 0 saturated heterocycles. The molecule has 0 saturated carbocycles. The predicted octanol–water partition coefficient (Wildman–Crippen LogP) is 1.79. The van der Waals surface area contributed by atoms with Crippen LogP contribution in [0.3, 0.4) is 0 Å². The van der Waals surface area contributed by atoms with Gasteiger partial charge in [0.25, 0.3) is 0 Å². The molecule has 0 aliphatic heterocycles. The van der Waals surface area contributed by atoms with Crippen LogP contribution in [0.4, 0.5) is 13.2 Å². The lowest BCUT2D eigenvalue weighted by molar-refractivity contribution is 0.431. The van der Waals surface area contributed by atoms with Crippen molar-refractivity contribution in [3.8, 4) is 0 Å². The molecule has 1 aromatic carbocycles. The fourth-order valence-corrected chi connectivity index (χ4v) is 2.41. The van der Waals surface area contributed by atoms with E-state index >= 15 is 0 Å². The Balaban J connectivity index is 3.30. The van der Waals surface area contributed by atoms with E-state index in [1.165, 1.54) is 13.8 Å². The first-order valence-corrected chi connectivity index (χ1v) is 5.90. The van der Waals surface area contributed by atoms with Crippen molar-refractivity contribution in [2.75, 3.05) is 0 Å². The van der Waals surface area contributed by atoms with E-state index in [1.54, 1.807) is 0 Å². The molecule has 0 radical (unpaired) electrons. The molecule has 90 valence electrons. The minimum absolute atomic E-state index is 0.475. The fourth-order valence-electron chi connectivity index (χ4n) is 1.09. The maximum Gasteiger partial charge on any atom is 0.243 e. The Kier molecular flexibility index (Phi) is 3.59. The Hall–Kier alpha value is -1.08. The lowest BCUT2D eigenvalue weighted by atomic mass is 10.3.